The van der Waals surface area contributed by atoms with E-state index >= 15 is 0 Å². The van der Waals surface area contributed by atoms with Gasteiger partial charge in [0.2, 0.25) is 0 Å². The zero-order valence-electron chi connectivity index (χ0n) is 6.16. The van der Waals surface area contributed by atoms with E-state index in [2.05, 4.69) is 5.10 Å². The second-order valence-electron chi connectivity index (χ2n) is 2.20. The van der Waals surface area contributed by atoms with Crippen molar-refractivity contribution in [2.45, 2.75) is 12.8 Å². The van der Waals surface area contributed by atoms with Crippen molar-refractivity contribution in [1.82, 2.24) is 0 Å². The Bertz CT molecular complexity index is 228. The van der Waals surface area contributed by atoms with Crippen LogP contribution in [0.3, 0.4) is 0 Å². The van der Waals surface area contributed by atoms with E-state index in [1.807, 2.05) is 12.1 Å². The van der Waals surface area contributed by atoms with E-state index in [1.165, 1.54) is 0 Å². The molecule has 1 heterocycles. The number of nitrogens with two attached hydrogens (primary N) is 2. The van der Waals surface area contributed by atoms with Gasteiger partial charge in [0.05, 0.1) is 6.26 Å². The zero-order valence-corrected chi connectivity index (χ0v) is 6.16. The predicted molar refractivity (Wildman–Crippen MR) is 42.8 cm³/mol. The molecule has 0 saturated carbocycles. The number of nitrogens with zero attached hydrogens (tertiary/aromatic N) is 1. The van der Waals surface area contributed by atoms with Crippen molar-refractivity contribution >= 4 is 5.84 Å². The van der Waals surface area contributed by atoms with Crippen LogP contribution in [0, 0.1) is 0 Å². The quantitative estimate of drug-likeness (QED) is 0.286. The fraction of sp³-hybridized carbons (Fsp3) is 0.286. The Balaban J connectivity index is 2.35. The van der Waals surface area contributed by atoms with Gasteiger partial charge in [-0.15, -0.1) is 0 Å². The van der Waals surface area contributed by atoms with Crippen LogP contribution in [-0.2, 0) is 6.42 Å². The van der Waals surface area contributed by atoms with Crippen LogP contribution in [0.15, 0.2) is 27.9 Å². The lowest BCUT2D eigenvalue weighted by molar-refractivity contribution is 0.511. The Morgan fingerprint density at radius 2 is 2.45 bits per heavy atom. The minimum atomic E-state index is 0.446. The number of amidine groups is 1. The van der Waals surface area contributed by atoms with Gasteiger partial charge in [-0.2, -0.15) is 5.10 Å². The molecule has 0 fully saturated rings. The van der Waals surface area contributed by atoms with Crippen LogP contribution in [-0.4, -0.2) is 5.84 Å². The Morgan fingerprint density at radius 1 is 1.64 bits per heavy atom. The maximum absolute atomic E-state index is 5.37. The van der Waals surface area contributed by atoms with Crippen molar-refractivity contribution < 1.29 is 4.42 Å². The van der Waals surface area contributed by atoms with E-state index in [1.54, 1.807) is 6.26 Å². The van der Waals surface area contributed by atoms with Gasteiger partial charge < -0.3 is 16.0 Å². The standard InChI is InChI=1S/C7H11N3O/c8-7(10-9)4-3-6-2-1-5-11-6/h1-2,5H,3-4,9H2,(H2,8,10). The number of rotatable bonds is 3. The molecule has 1 aromatic rings. The third-order valence-corrected chi connectivity index (χ3v) is 1.37. The van der Waals surface area contributed by atoms with E-state index in [4.69, 9.17) is 16.0 Å². The van der Waals surface area contributed by atoms with Gasteiger partial charge in [0.1, 0.15) is 11.6 Å². The Kier molecular flexibility index (Phi) is 2.54. The molecule has 0 atom stereocenters. The summed E-state index contributed by atoms with van der Waals surface area (Å²) < 4.78 is 5.08. The second-order valence-corrected chi connectivity index (χ2v) is 2.20. The molecule has 60 valence electrons. The molecule has 0 amide bonds. The van der Waals surface area contributed by atoms with E-state index < -0.39 is 0 Å². The molecule has 4 nitrogen and oxygen atoms in total. The summed E-state index contributed by atoms with van der Waals surface area (Å²) in [4.78, 5) is 0. The third-order valence-electron chi connectivity index (χ3n) is 1.37. The van der Waals surface area contributed by atoms with Crippen molar-refractivity contribution in [2.75, 3.05) is 0 Å². The summed E-state index contributed by atoms with van der Waals surface area (Å²) in [5.41, 5.74) is 5.37. The van der Waals surface area contributed by atoms with Gasteiger partial charge in [0.25, 0.3) is 0 Å². The van der Waals surface area contributed by atoms with Crippen LogP contribution >= 0.6 is 0 Å². The lowest BCUT2D eigenvalue weighted by Crippen LogP contribution is -2.14. The molecule has 0 aliphatic heterocycles. The van der Waals surface area contributed by atoms with E-state index in [9.17, 15) is 0 Å². The third kappa shape index (κ3) is 2.33. The molecule has 0 unspecified atom stereocenters. The summed E-state index contributed by atoms with van der Waals surface area (Å²) in [5, 5.41) is 3.34. The van der Waals surface area contributed by atoms with Gasteiger partial charge in [-0.3, -0.25) is 0 Å². The van der Waals surface area contributed by atoms with Crippen molar-refractivity contribution in [3.8, 4) is 0 Å². The van der Waals surface area contributed by atoms with E-state index in [-0.39, 0.29) is 0 Å². The van der Waals surface area contributed by atoms with Crippen LogP contribution in [0.4, 0.5) is 0 Å². The minimum Gasteiger partial charge on any atom is -0.469 e. The van der Waals surface area contributed by atoms with Crippen molar-refractivity contribution in [3.05, 3.63) is 24.2 Å². The highest BCUT2D eigenvalue weighted by atomic mass is 16.3. The Hall–Kier alpha value is -1.45. The maximum atomic E-state index is 5.37. The number of hydrogen-bond acceptors (Lipinski definition) is 3. The summed E-state index contributed by atoms with van der Waals surface area (Å²) in [6.07, 6.45) is 3.02. The SMILES string of the molecule is N/N=C(\N)CCc1ccco1. The molecule has 0 bridgehead atoms. The first-order valence-electron chi connectivity index (χ1n) is 3.37. The van der Waals surface area contributed by atoms with Crippen molar-refractivity contribution in [3.63, 3.8) is 0 Å². The molecule has 1 aromatic heterocycles. The summed E-state index contributed by atoms with van der Waals surface area (Å²) in [5.74, 6) is 6.29. The molecular formula is C7H11N3O. The van der Waals surface area contributed by atoms with Gasteiger partial charge in [-0.05, 0) is 12.1 Å². The molecule has 1 rings (SSSR count). The van der Waals surface area contributed by atoms with Crippen LogP contribution < -0.4 is 11.6 Å². The minimum absolute atomic E-state index is 0.446. The van der Waals surface area contributed by atoms with Crippen molar-refractivity contribution in [2.24, 2.45) is 16.7 Å². The summed E-state index contributed by atoms with van der Waals surface area (Å²) >= 11 is 0. The molecular weight excluding hydrogens is 142 g/mol. The number of hydrogen-bond donors (Lipinski definition) is 2. The van der Waals surface area contributed by atoms with Crippen LogP contribution in [0.5, 0.6) is 0 Å². The van der Waals surface area contributed by atoms with Crippen LogP contribution in [0.1, 0.15) is 12.2 Å². The number of furan rings is 1. The molecule has 0 saturated heterocycles. The lowest BCUT2D eigenvalue weighted by atomic mass is 10.2. The number of aryl methyl sites for hydroxylation is 1. The predicted octanol–water partition coefficient (Wildman–Crippen LogP) is 0.443. The largest absolute Gasteiger partial charge is 0.469 e. The smallest absolute Gasteiger partial charge is 0.119 e. The highest BCUT2D eigenvalue weighted by Crippen LogP contribution is 2.02. The molecule has 0 spiro atoms. The Labute approximate surface area is 64.9 Å². The zero-order chi connectivity index (χ0) is 8.10. The number of hydrazone groups is 1. The van der Waals surface area contributed by atoms with Gasteiger partial charge in [0.15, 0.2) is 0 Å². The highest BCUT2D eigenvalue weighted by molar-refractivity contribution is 5.80. The topological polar surface area (TPSA) is 77.5 Å². The van der Waals surface area contributed by atoms with Gasteiger partial charge in [0, 0.05) is 12.8 Å². The molecule has 0 aliphatic rings. The van der Waals surface area contributed by atoms with E-state index in [0.717, 1.165) is 12.2 Å². The first-order chi connectivity index (χ1) is 5.33. The lowest BCUT2D eigenvalue weighted by Gasteiger charge is -1.94. The summed E-state index contributed by atoms with van der Waals surface area (Å²) in [6.45, 7) is 0. The van der Waals surface area contributed by atoms with Gasteiger partial charge in [-0.25, -0.2) is 0 Å². The Morgan fingerprint density at radius 3 is 3.00 bits per heavy atom. The maximum Gasteiger partial charge on any atom is 0.119 e. The fourth-order valence-electron chi connectivity index (χ4n) is 0.771. The highest BCUT2D eigenvalue weighted by Gasteiger charge is 1.96. The summed E-state index contributed by atoms with van der Waals surface area (Å²) in [7, 11) is 0. The van der Waals surface area contributed by atoms with Gasteiger partial charge in [-0.1, -0.05) is 0 Å². The molecule has 4 heteroatoms. The van der Waals surface area contributed by atoms with Crippen LogP contribution in [0.2, 0.25) is 0 Å². The van der Waals surface area contributed by atoms with E-state index in [0.29, 0.717) is 12.3 Å². The van der Waals surface area contributed by atoms with Crippen molar-refractivity contribution in [1.29, 1.82) is 0 Å². The monoisotopic (exact) mass is 153 g/mol. The first-order valence-corrected chi connectivity index (χ1v) is 3.37. The summed E-state index contributed by atoms with van der Waals surface area (Å²) in [6, 6.07) is 3.73. The van der Waals surface area contributed by atoms with Crippen LogP contribution in [0.25, 0.3) is 0 Å². The average Bonchev–Trinajstić information content (AvgIpc) is 2.52. The fourth-order valence-corrected chi connectivity index (χ4v) is 0.771. The molecule has 4 N–H and O–H groups in total. The average molecular weight is 153 g/mol. The second kappa shape index (κ2) is 3.65. The molecule has 0 radical (unpaired) electrons. The molecule has 11 heavy (non-hydrogen) atoms. The molecule has 0 aliphatic carbocycles. The first kappa shape index (κ1) is 7.65. The van der Waals surface area contributed by atoms with Gasteiger partial charge >= 0.3 is 0 Å². The normalized spacial score (nSPS) is 11.8. The molecule has 0 aromatic carbocycles.